The Morgan fingerprint density at radius 2 is 1.61 bits per heavy atom. The van der Waals surface area contributed by atoms with Crippen LogP contribution in [-0.2, 0) is 0 Å². The molecule has 2 heteroatoms. The quantitative estimate of drug-likeness (QED) is 0.830. The summed E-state index contributed by atoms with van der Waals surface area (Å²) in [7, 11) is 2.26. The summed E-state index contributed by atoms with van der Waals surface area (Å²) in [6.45, 7) is 17.6. The average molecular weight is 254 g/mol. The summed E-state index contributed by atoms with van der Waals surface area (Å²) in [5.41, 5.74) is 0.840. The van der Waals surface area contributed by atoms with E-state index in [4.69, 9.17) is 0 Å². The molecule has 1 saturated heterocycles. The van der Waals surface area contributed by atoms with Gasteiger partial charge in [-0.25, -0.2) is 0 Å². The predicted molar refractivity (Wildman–Crippen MR) is 80.9 cm³/mol. The van der Waals surface area contributed by atoms with Crippen molar-refractivity contribution in [3.63, 3.8) is 0 Å². The third-order valence-electron chi connectivity index (χ3n) is 3.54. The number of hydrogen-bond acceptors (Lipinski definition) is 2. The van der Waals surface area contributed by atoms with Gasteiger partial charge in [-0.2, -0.15) is 0 Å². The highest BCUT2D eigenvalue weighted by Gasteiger charge is 2.28. The van der Waals surface area contributed by atoms with Gasteiger partial charge in [-0.15, -0.1) is 0 Å². The van der Waals surface area contributed by atoms with Crippen molar-refractivity contribution in [1.82, 2.24) is 10.2 Å². The van der Waals surface area contributed by atoms with Crippen molar-refractivity contribution in [2.45, 2.75) is 60.4 Å². The van der Waals surface area contributed by atoms with Crippen LogP contribution in [0.4, 0.5) is 0 Å². The zero-order valence-corrected chi connectivity index (χ0v) is 13.6. The average Bonchev–Trinajstić information content (AvgIpc) is 2.09. The number of rotatable bonds is 3. The fourth-order valence-corrected chi connectivity index (χ4v) is 3.06. The minimum atomic E-state index is 0.384. The molecule has 1 fully saturated rings. The van der Waals surface area contributed by atoms with Crippen LogP contribution in [0.25, 0.3) is 0 Å². The van der Waals surface area contributed by atoms with E-state index in [9.17, 15) is 0 Å². The Balaban J connectivity index is 2.45. The van der Waals surface area contributed by atoms with Crippen LogP contribution in [0.2, 0.25) is 0 Å². The Morgan fingerprint density at radius 3 is 2.11 bits per heavy atom. The van der Waals surface area contributed by atoms with E-state index in [1.807, 2.05) is 0 Å². The van der Waals surface area contributed by atoms with Crippen molar-refractivity contribution in [1.29, 1.82) is 0 Å². The summed E-state index contributed by atoms with van der Waals surface area (Å²) in [6, 6.07) is 0.676. The second kappa shape index (κ2) is 5.92. The molecule has 0 aliphatic carbocycles. The lowest BCUT2D eigenvalue weighted by molar-refractivity contribution is 0.130. The van der Waals surface area contributed by atoms with Crippen LogP contribution in [0.15, 0.2) is 0 Å². The first-order valence-corrected chi connectivity index (χ1v) is 7.47. The summed E-state index contributed by atoms with van der Waals surface area (Å²) < 4.78 is 0. The second-order valence-corrected chi connectivity index (χ2v) is 8.73. The van der Waals surface area contributed by atoms with Crippen molar-refractivity contribution < 1.29 is 0 Å². The molecule has 2 nitrogen and oxygen atoms in total. The molecule has 0 saturated carbocycles. The van der Waals surface area contributed by atoms with Crippen LogP contribution in [0, 0.1) is 16.7 Å². The maximum absolute atomic E-state index is 3.77. The van der Waals surface area contributed by atoms with Gasteiger partial charge in [-0.3, -0.25) is 0 Å². The molecule has 0 aromatic carbocycles. The highest BCUT2D eigenvalue weighted by molar-refractivity contribution is 4.85. The number of nitrogens with zero attached hydrogens (tertiary/aromatic N) is 1. The largest absolute Gasteiger partial charge is 0.312 e. The minimum Gasteiger partial charge on any atom is -0.312 e. The zero-order valence-electron chi connectivity index (χ0n) is 13.6. The molecule has 108 valence electrons. The van der Waals surface area contributed by atoms with Gasteiger partial charge in [0.1, 0.15) is 0 Å². The van der Waals surface area contributed by atoms with Gasteiger partial charge in [0.05, 0.1) is 0 Å². The molecule has 2 atom stereocenters. The highest BCUT2D eigenvalue weighted by Crippen LogP contribution is 2.30. The van der Waals surface area contributed by atoms with Gasteiger partial charge < -0.3 is 10.2 Å². The normalized spacial score (nSPS) is 27.5. The maximum atomic E-state index is 3.77. The Hall–Kier alpha value is -0.0800. The first-order valence-electron chi connectivity index (χ1n) is 7.47. The van der Waals surface area contributed by atoms with E-state index in [1.54, 1.807) is 0 Å². The van der Waals surface area contributed by atoms with Gasteiger partial charge in [0.25, 0.3) is 0 Å². The molecule has 18 heavy (non-hydrogen) atoms. The number of nitrogens with one attached hydrogen (secondary N) is 1. The van der Waals surface area contributed by atoms with E-state index in [-0.39, 0.29) is 0 Å². The third kappa shape index (κ3) is 6.75. The van der Waals surface area contributed by atoms with Crippen molar-refractivity contribution in [2.24, 2.45) is 16.7 Å². The van der Waals surface area contributed by atoms with Crippen LogP contribution < -0.4 is 5.32 Å². The SMILES string of the molecule is CN1CC(CC(C)(C)C)CC(NCC(C)(C)C)C1. The number of piperidine rings is 1. The molecule has 0 aromatic rings. The first kappa shape index (κ1) is 16.0. The second-order valence-electron chi connectivity index (χ2n) is 8.73. The maximum Gasteiger partial charge on any atom is 0.0198 e. The van der Waals surface area contributed by atoms with E-state index in [0.29, 0.717) is 16.9 Å². The molecule has 0 bridgehead atoms. The lowest BCUT2D eigenvalue weighted by atomic mass is 9.80. The molecule has 2 unspecified atom stereocenters. The fraction of sp³-hybridized carbons (Fsp3) is 1.00. The van der Waals surface area contributed by atoms with E-state index in [1.165, 1.54) is 25.9 Å². The van der Waals surface area contributed by atoms with E-state index in [0.717, 1.165) is 12.5 Å². The number of likely N-dealkylation sites (N-methyl/N-ethyl adjacent to an activating group) is 1. The molecule has 1 N–H and O–H groups in total. The standard InChI is InChI=1S/C16H34N2/c1-15(2,3)9-13-8-14(11-18(7)10-13)17-12-16(4,5)6/h13-14,17H,8-12H2,1-7H3. The molecule has 1 rings (SSSR count). The van der Waals surface area contributed by atoms with Crippen molar-refractivity contribution >= 4 is 0 Å². The van der Waals surface area contributed by atoms with Crippen molar-refractivity contribution in [3.05, 3.63) is 0 Å². The molecular weight excluding hydrogens is 220 g/mol. The van der Waals surface area contributed by atoms with Crippen LogP contribution in [0.1, 0.15) is 54.4 Å². The molecule has 0 spiro atoms. The topological polar surface area (TPSA) is 15.3 Å². The number of hydrogen-bond donors (Lipinski definition) is 1. The van der Waals surface area contributed by atoms with Crippen LogP contribution >= 0.6 is 0 Å². The summed E-state index contributed by atoms with van der Waals surface area (Å²) in [5.74, 6) is 0.848. The fourth-order valence-electron chi connectivity index (χ4n) is 3.06. The third-order valence-corrected chi connectivity index (χ3v) is 3.54. The molecule has 0 amide bonds. The summed E-state index contributed by atoms with van der Waals surface area (Å²) in [4.78, 5) is 2.50. The van der Waals surface area contributed by atoms with Gasteiger partial charge in [0.2, 0.25) is 0 Å². The van der Waals surface area contributed by atoms with Crippen molar-refractivity contribution in [2.75, 3.05) is 26.7 Å². The summed E-state index contributed by atoms with van der Waals surface area (Å²) in [6.07, 6.45) is 2.68. The lowest BCUT2D eigenvalue weighted by Gasteiger charge is -2.39. The Bertz CT molecular complexity index is 247. The first-order chi connectivity index (χ1) is 8.05. The smallest absolute Gasteiger partial charge is 0.0198 e. The van der Waals surface area contributed by atoms with Crippen molar-refractivity contribution in [3.8, 4) is 0 Å². The predicted octanol–water partition coefficient (Wildman–Crippen LogP) is 3.38. The molecule has 1 aliphatic rings. The van der Waals surface area contributed by atoms with Crippen LogP contribution in [0.5, 0.6) is 0 Å². The molecule has 0 radical (unpaired) electrons. The van der Waals surface area contributed by atoms with E-state index >= 15 is 0 Å². The Kier molecular flexibility index (Phi) is 5.25. The van der Waals surface area contributed by atoms with Gasteiger partial charge in [-0.05, 0) is 36.6 Å². The number of likely N-dealkylation sites (tertiary alicyclic amines) is 1. The van der Waals surface area contributed by atoms with E-state index < -0.39 is 0 Å². The Morgan fingerprint density at radius 1 is 1.00 bits per heavy atom. The summed E-state index contributed by atoms with van der Waals surface area (Å²) in [5, 5.41) is 3.77. The van der Waals surface area contributed by atoms with Gasteiger partial charge in [-0.1, -0.05) is 41.5 Å². The van der Waals surface area contributed by atoms with Gasteiger partial charge >= 0.3 is 0 Å². The monoisotopic (exact) mass is 254 g/mol. The minimum absolute atomic E-state index is 0.384. The highest BCUT2D eigenvalue weighted by atomic mass is 15.1. The molecule has 1 aliphatic heterocycles. The molecule has 1 heterocycles. The molecule has 0 aromatic heterocycles. The molecular formula is C16H34N2. The van der Waals surface area contributed by atoms with Crippen LogP contribution in [0.3, 0.4) is 0 Å². The van der Waals surface area contributed by atoms with Gasteiger partial charge in [0.15, 0.2) is 0 Å². The van der Waals surface area contributed by atoms with E-state index in [2.05, 4.69) is 58.8 Å². The Labute approximate surface area is 115 Å². The lowest BCUT2D eigenvalue weighted by Crippen LogP contribution is -2.49. The van der Waals surface area contributed by atoms with Crippen LogP contribution in [-0.4, -0.2) is 37.6 Å². The zero-order chi connectivity index (χ0) is 14.0. The van der Waals surface area contributed by atoms with Gasteiger partial charge in [0, 0.05) is 25.7 Å². The summed E-state index contributed by atoms with van der Waals surface area (Å²) >= 11 is 0.